The number of esters is 1. The third kappa shape index (κ3) is 2.28. The summed E-state index contributed by atoms with van der Waals surface area (Å²) >= 11 is 0. The van der Waals surface area contributed by atoms with E-state index >= 15 is 0 Å². The number of benzene rings is 1. The van der Waals surface area contributed by atoms with E-state index in [-0.39, 0.29) is 5.97 Å². The molecule has 7 heteroatoms. The van der Waals surface area contributed by atoms with Crippen molar-refractivity contribution in [3.8, 4) is 0 Å². The van der Waals surface area contributed by atoms with Crippen LogP contribution in [0.2, 0.25) is 0 Å². The van der Waals surface area contributed by atoms with Crippen LogP contribution in [-0.4, -0.2) is 33.0 Å². The number of carbonyl (C=O) groups is 1. The lowest BCUT2D eigenvalue weighted by Crippen LogP contribution is -2.02. The zero-order valence-corrected chi connectivity index (χ0v) is 10.6. The topological polar surface area (TPSA) is 92.8 Å². The average molecular weight is 269 g/mol. The number of ether oxygens (including phenoxy) is 1. The van der Waals surface area contributed by atoms with Gasteiger partial charge in [0, 0.05) is 18.1 Å². The summed E-state index contributed by atoms with van der Waals surface area (Å²) in [6.45, 7) is 0. The molecule has 0 atom stereocenters. The van der Waals surface area contributed by atoms with Crippen LogP contribution in [0.5, 0.6) is 0 Å². The minimum Gasteiger partial charge on any atom is -0.465 e. The Hall–Kier alpha value is -2.96. The largest absolute Gasteiger partial charge is 0.465 e. The van der Waals surface area contributed by atoms with Gasteiger partial charge in [-0.15, -0.1) is 0 Å². The summed E-state index contributed by atoms with van der Waals surface area (Å²) in [5.74, 6) is 0.120. The van der Waals surface area contributed by atoms with E-state index in [1.54, 1.807) is 30.6 Å². The number of imidazole rings is 1. The first-order chi connectivity index (χ1) is 9.76. The molecule has 0 aliphatic heterocycles. The van der Waals surface area contributed by atoms with Gasteiger partial charge in [0.2, 0.25) is 5.95 Å². The standard InChI is InChI=1S/C13H11N5O2/c1-20-12(19)8-3-2-4-9(7-8)16-13-17-10-11(18-13)15-6-5-14-10/h2-7H,1H3,(H2,14,15,16,17,18). The van der Waals surface area contributed by atoms with Crippen molar-refractivity contribution in [1.29, 1.82) is 0 Å². The molecule has 3 aromatic rings. The Morgan fingerprint density at radius 3 is 2.95 bits per heavy atom. The molecule has 0 amide bonds. The molecule has 0 saturated carbocycles. The van der Waals surface area contributed by atoms with E-state index < -0.39 is 0 Å². The summed E-state index contributed by atoms with van der Waals surface area (Å²) in [5, 5.41) is 3.06. The second kappa shape index (κ2) is 4.96. The lowest BCUT2D eigenvalue weighted by molar-refractivity contribution is 0.0601. The number of aromatic nitrogens is 4. The minimum atomic E-state index is -0.387. The van der Waals surface area contributed by atoms with Gasteiger partial charge in [-0.3, -0.25) is 0 Å². The third-order valence-electron chi connectivity index (χ3n) is 2.68. The van der Waals surface area contributed by atoms with Crippen LogP contribution < -0.4 is 5.32 Å². The fraction of sp³-hybridized carbons (Fsp3) is 0.0769. The van der Waals surface area contributed by atoms with Crippen LogP contribution in [0.3, 0.4) is 0 Å². The Morgan fingerprint density at radius 2 is 2.15 bits per heavy atom. The Morgan fingerprint density at radius 1 is 1.30 bits per heavy atom. The number of rotatable bonds is 3. The SMILES string of the molecule is COC(=O)c1cccc(Nc2nc3nccnc3[nH]2)c1. The number of hydrogen-bond acceptors (Lipinski definition) is 6. The predicted molar refractivity (Wildman–Crippen MR) is 72.7 cm³/mol. The highest BCUT2D eigenvalue weighted by atomic mass is 16.5. The van der Waals surface area contributed by atoms with Crippen molar-refractivity contribution in [2.24, 2.45) is 0 Å². The fourth-order valence-corrected chi connectivity index (χ4v) is 1.78. The van der Waals surface area contributed by atoms with E-state index in [1.807, 2.05) is 6.07 Å². The maximum atomic E-state index is 11.5. The Kier molecular flexibility index (Phi) is 3.00. The average Bonchev–Trinajstić information content (AvgIpc) is 2.88. The maximum Gasteiger partial charge on any atom is 0.337 e. The summed E-state index contributed by atoms with van der Waals surface area (Å²) in [6, 6.07) is 6.94. The summed E-state index contributed by atoms with van der Waals surface area (Å²) in [4.78, 5) is 26.9. The van der Waals surface area contributed by atoms with Crippen molar-refractivity contribution in [3.05, 3.63) is 42.2 Å². The molecule has 3 rings (SSSR count). The summed E-state index contributed by atoms with van der Waals surface area (Å²) in [5.41, 5.74) is 2.30. The molecule has 0 spiro atoms. The quantitative estimate of drug-likeness (QED) is 0.705. The third-order valence-corrected chi connectivity index (χ3v) is 2.68. The van der Waals surface area contributed by atoms with Crippen LogP contribution in [0.25, 0.3) is 11.3 Å². The van der Waals surface area contributed by atoms with Gasteiger partial charge in [-0.2, -0.15) is 4.98 Å². The normalized spacial score (nSPS) is 10.4. The lowest BCUT2D eigenvalue weighted by atomic mass is 10.2. The van der Waals surface area contributed by atoms with Crippen LogP contribution >= 0.6 is 0 Å². The number of aromatic amines is 1. The predicted octanol–water partition coefficient (Wildman–Crippen LogP) is 1.88. The van der Waals surface area contributed by atoms with E-state index in [0.717, 1.165) is 0 Å². The molecule has 20 heavy (non-hydrogen) atoms. The first kappa shape index (κ1) is 12.1. The van der Waals surface area contributed by atoms with E-state index in [0.29, 0.717) is 28.5 Å². The molecular weight excluding hydrogens is 258 g/mol. The van der Waals surface area contributed by atoms with Crippen LogP contribution in [0.15, 0.2) is 36.7 Å². The zero-order chi connectivity index (χ0) is 13.9. The molecule has 2 N–H and O–H groups in total. The second-order valence-electron chi connectivity index (χ2n) is 4.01. The molecule has 1 aromatic carbocycles. The molecule has 0 aliphatic carbocycles. The number of nitrogens with zero attached hydrogens (tertiary/aromatic N) is 3. The van der Waals surface area contributed by atoms with E-state index in [2.05, 4.69) is 30.0 Å². The molecule has 2 aromatic heterocycles. The summed E-state index contributed by atoms with van der Waals surface area (Å²) in [6.07, 6.45) is 3.16. The van der Waals surface area contributed by atoms with Gasteiger partial charge in [0.1, 0.15) is 0 Å². The van der Waals surface area contributed by atoms with Gasteiger partial charge in [0.15, 0.2) is 11.3 Å². The molecule has 7 nitrogen and oxygen atoms in total. The number of carbonyl (C=O) groups excluding carboxylic acids is 1. The molecule has 0 bridgehead atoms. The number of hydrogen-bond donors (Lipinski definition) is 2. The van der Waals surface area contributed by atoms with Crippen LogP contribution in [0.4, 0.5) is 11.6 Å². The molecular formula is C13H11N5O2. The lowest BCUT2D eigenvalue weighted by Gasteiger charge is -2.04. The molecule has 0 unspecified atom stereocenters. The van der Waals surface area contributed by atoms with Gasteiger partial charge in [-0.25, -0.2) is 14.8 Å². The Balaban J connectivity index is 1.88. The number of fused-ring (bicyclic) bond motifs is 1. The number of methoxy groups -OCH3 is 1. The summed E-state index contributed by atoms with van der Waals surface area (Å²) < 4.78 is 4.68. The van der Waals surface area contributed by atoms with Gasteiger partial charge in [-0.1, -0.05) is 6.07 Å². The van der Waals surface area contributed by atoms with Crippen molar-refractivity contribution in [2.75, 3.05) is 12.4 Å². The van der Waals surface area contributed by atoms with Crippen LogP contribution in [-0.2, 0) is 4.74 Å². The van der Waals surface area contributed by atoms with Crippen molar-refractivity contribution in [2.45, 2.75) is 0 Å². The highest BCUT2D eigenvalue weighted by molar-refractivity contribution is 5.90. The minimum absolute atomic E-state index is 0.387. The maximum absolute atomic E-state index is 11.5. The van der Waals surface area contributed by atoms with Gasteiger partial charge in [0.25, 0.3) is 0 Å². The van der Waals surface area contributed by atoms with Crippen molar-refractivity contribution in [3.63, 3.8) is 0 Å². The molecule has 2 heterocycles. The van der Waals surface area contributed by atoms with E-state index in [4.69, 9.17) is 0 Å². The fourth-order valence-electron chi connectivity index (χ4n) is 1.78. The second-order valence-corrected chi connectivity index (χ2v) is 4.01. The molecule has 0 saturated heterocycles. The number of nitrogens with one attached hydrogen (secondary N) is 2. The van der Waals surface area contributed by atoms with Gasteiger partial charge >= 0.3 is 5.97 Å². The van der Waals surface area contributed by atoms with Crippen molar-refractivity contribution < 1.29 is 9.53 Å². The Labute approximate surface area is 114 Å². The summed E-state index contributed by atoms with van der Waals surface area (Å²) in [7, 11) is 1.35. The highest BCUT2D eigenvalue weighted by Crippen LogP contribution is 2.17. The monoisotopic (exact) mass is 269 g/mol. The van der Waals surface area contributed by atoms with Gasteiger partial charge < -0.3 is 15.0 Å². The Bertz CT molecular complexity index is 735. The molecule has 100 valence electrons. The first-order valence-electron chi connectivity index (χ1n) is 5.88. The van der Waals surface area contributed by atoms with E-state index in [1.165, 1.54) is 7.11 Å². The first-order valence-corrected chi connectivity index (χ1v) is 5.88. The van der Waals surface area contributed by atoms with E-state index in [9.17, 15) is 4.79 Å². The van der Waals surface area contributed by atoms with Crippen molar-refractivity contribution >= 4 is 28.9 Å². The number of anilines is 2. The zero-order valence-electron chi connectivity index (χ0n) is 10.6. The van der Waals surface area contributed by atoms with Gasteiger partial charge in [0.05, 0.1) is 12.7 Å². The van der Waals surface area contributed by atoms with Crippen LogP contribution in [0, 0.1) is 0 Å². The molecule has 0 fully saturated rings. The molecule has 0 aliphatic rings. The van der Waals surface area contributed by atoms with Crippen molar-refractivity contribution in [1.82, 2.24) is 19.9 Å². The molecule has 0 radical (unpaired) electrons. The van der Waals surface area contributed by atoms with Crippen LogP contribution in [0.1, 0.15) is 10.4 Å². The number of H-pyrrole nitrogens is 1. The highest BCUT2D eigenvalue weighted by Gasteiger charge is 2.08. The van der Waals surface area contributed by atoms with Gasteiger partial charge in [-0.05, 0) is 18.2 Å². The smallest absolute Gasteiger partial charge is 0.337 e.